The molecule has 1 N–H and O–H groups in total. The minimum Gasteiger partial charge on any atom is -0.327 e. The lowest BCUT2D eigenvalue weighted by molar-refractivity contribution is 0.443. The molecule has 0 radical (unpaired) electrons. The molecule has 96 valence electrons. The molecule has 3 rings (SSSR count). The monoisotopic (exact) mass is 246 g/mol. The summed E-state index contributed by atoms with van der Waals surface area (Å²) in [5, 5.41) is 7.75. The highest BCUT2D eigenvalue weighted by Crippen LogP contribution is 2.23. The van der Waals surface area contributed by atoms with E-state index in [2.05, 4.69) is 25.0 Å². The minimum atomic E-state index is 0.560. The summed E-state index contributed by atoms with van der Waals surface area (Å²) in [6, 6.07) is 0. The summed E-state index contributed by atoms with van der Waals surface area (Å²) >= 11 is 0. The van der Waals surface area contributed by atoms with Crippen LogP contribution in [0.1, 0.15) is 30.3 Å². The van der Waals surface area contributed by atoms with Crippen molar-refractivity contribution in [3.8, 4) is 0 Å². The summed E-state index contributed by atoms with van der Waals surface area (Å²) in [4.78, 5) is 8.54. The molecule has 1 atom stereocenters. The van der Waals surface area contributed by atoms with Crippen LogP contribution in [-0.4, -0.2) is 37.4 Å². The van der Waals surface area contributed by atoms with Crippen LogP contribution < -0.4 is 5.32 Å². The van der Waals surface area contributed by atoms with Crippen molar-refractivity contribution in [2.75, 3.05) is 13.1 Å². The van der Waals surface area contributed by atoms with Crippen LogP contribution >= 0.6 is 0 Å². The van der Waals surface area contributed by atoms with Gasteiger partial charge in [-0.25, -0.2) is 9.97 Å². The molecule has 2 aromatic rings. The number of imidazole rings is 1. The standard InChI is InChI=1S/C12H18N6/c1-17-9-15-12(16-17)7-18-8-14-6-11(18)10-3-2-4-13-5-10/h6,8-10,13H,2-5,7H2,1H3. The van der Waals surface area contributed by atoms with Gasteiger partial charge in [-0.3, -0.25) is 4.68 Å². The van der Waals surface area contributed by atoms with Crippen molar-refractivity contribution in [3.63, 3.8) is 0 Å². The first-order chi connectivity index (χ1) is 8.83. The van der Waals surface area contributed by atoms with Crippen LogP contribution in [0.25, 0.3) is 0 Å². The normalized spacial score (nSPS) is 20.2. The second-order valence-corrected chi connectivity index (χ2v) is 4.82. The summed E-state index contributed by atoms with van der Waals surface area (Å²) in [7, 11) is 1.89. The van der Waals surface area contributed by atoms with Crippen molar-refractivity contribution in [1.82, 2.24) is 29.6 Å². The quantitative estimate of drug-likeness (QED) is 0.858. The van der Waals surface area contributed by atoms with E-state index in [1.54, 1.807) is 11.0 Å². The Balaban J connectivity index is 1.78. The predicted molar refractivity (Wildman–Crippen MR) is 67.2 cm³/mol. The van der Waals surface area contributed by atoms with E-state index < -0.39 is 0 Å². The van der Waals surface area contributed by atoms with Gasteiger partial charge in [0.1, 0.15) is 6.33 Å². The number of aryl methyl sites for hydroxylation is 1. The Morgan fingerprint density at radius 3 is 3.11 bits per heavy atom. The van der Waals surface area contributed by atoms with Crippen LogP contribution in [-0.2, 0) is 13.6 Å². The summed E-state index contributed by atoms with van der Waals surface area (Å²) in [6.45, 7) is 2.88. The summed E-state index contributed by atoms with van der Waals surface area (Å²) in [5.74, 6) is 1.39. The zero-order valence-electron chi connectivity index (χ0n) is 10.6. The van der Waals surface area contributed by atoms with Gasteiger partial charge < -0.3 is 9.88 Å². The van der Waals surface area contributed by atoms with Crippen LogP contribution in [0.2, 0.25) is 0 Å². The highest BCUT2D eigenvalue weighted by atomic mass is 15.3. The highest BCUT2D eigenvalue weighted by molar-refractivity contribution is 5.09. The maximum atomic E-state index is 4.31. The second-order valence-electron chi connectivity index (χ2n) is 4.82. The molecule has 6 nitrogen and oxygen atoms in total. The Labute approximate surface area is 106 Å². The third-order valence-corrected chi connectivity index (χ3v) is 3.42. The number of hydrogen-bond acceptors (Lipinski definition) is 4. The SMILES string of the molecule is Cn1cnc(Cn2cncc2C2CCCNC2)n1. The van der Waals surface area contributed by atoms with E-state index in [9.17, 15) is 0 Å². The van der Waals surface area contributed by atoms with Crippen molar-refractivity contribution in [1.29, 1.82) is 0 Å². The molecular weight excluding hydrogens is 228 g/mol. The largest absolute Gasteiger partial charge is 0.327 e. The fourth-order valence-corrected chi connectivity index (χ4v) is 2.52. The molecule has 0 bridgehead atoms. The third-order valence-electron chi connectivity index (χ3n) is 3.42. The molecule has 6 heteroatoms. The first kappa shape index (κ1) is 11.4. The molecule has 18 heavy (non-hydrogen) atoms. The molecule has 1 unspecified atom stereocenters. The van der Waals surface area contributed by atoms with Gasteiger partial charge in [-0.2, -0.15) is 5.10 Å². The van der Waals surface area contributed by atoms with E-state index >= 15 is 0 Å². The van der Waals surface area contributed by atoms with E-state index in [1.165, 1.54) is 18.5 Å². The Bertz CT molecular complexity index is 508. The summed E-state index contributed by atoms with van der Waals surface area (Å²) in [6.07, 6.45) is 8.04. The van der Waals surface area contributed by atoms with Crippen LogP contribution in [0.3, 0.4) is 0 Å². The Morgan fingerprint density at radius 1 is 1.44 bits per heavy atom. The third kappa shape index (κ3) is 2.28. The van der Waals surface area contributed by atoms with Gasteiger partial charge in [0.05, 0.1) is 12.9 Å². The topological polar surface area (TPSA) is 60.6 Å². The Hall–Kier alpha value is -1.69. The zero-order chi connectivity index (χ0) is 12.4. The van der Waals surface area contributed by atoms with Gasteiger partial charge in [0.2, 0.25) is 0 Å². The van der Waals surface area contributed by atoms with E-state index in [1.807, 2.05) is 19.6 Å². The van der Waals surface area contributed by atoms with Crippen LogP contribution in [0.4, 0.5) is 0 Å². The molecule has 1 saturated heterocycles. The number of rotatable bonds is 3. The fraction of sp³-hybridized carbons (Fsp3) is 0.583. The lowest BCUT2D eigenvalue weighted by atomic mass is 9.96. The average Bonchev–Trinajstić information content (AvgIpc) is 3.00. The minimum absolute atomic E-state index is 0.560. The molecule has 0 spiro atoms. The molecule has 0 aromatic carbocycles. The molecule has 1 fully saturated rings. The molecule has 0 aliphatic carbocycles. The van der Waals surface area contributed by atoms with Gasteiger partial charge in [0.15, 0.2) is 5.82 Å². The maximum absolute atomic E-state index is 4.31. The van der Waals surface area contributed by atoms with E-state index in [0.29, 0.717) is 12.5 Å². The number of nitrogens with zero attached hydrogens (tertiary/aromatic N) is 5. The smallest absolute Gasteiger partial charge is 0.170 e. The van der Waals surface area contributed by atoms with Crippen molar-refractivity contribution < 1.29 is 0 Å². The molecule has 0 saturated carbocycles. The fourth-order valence-electron chi connectivity index (χ4n) is 2.52. The number of piperidine rings is 1. The number of aromatic nitrogens is 5. The number of nitrogens with one attached hydrogen (secondary N) is 1. The van der Waals surface area contributed by atoms with Gasteiger partial charge >= 0.3 is 0 Å². The molecule has 0 amide bonds. The first-order valence-electron chi connectivity index (χ1n) is 6.38. The van der Waals surface area contributed by atoms with E-state index in [-0.39, 0.29) is 0 Å². The van der Waals surface area contributed by atoms with Gasteiger partial charge in [0, 0.05) is 31.4 Å². The van der Waals surface area contributed by atoms with Crippen molar-refractivity contribution >= 4 is 0 Å². The van der Waals surface area contributed by atoms with Gasteiger partial charge in [0.25, 0.3) is 0 Å². The number of hydrogen-bond donors (Lipinski definition) is 1. The van der Waals surface area contributed by atoms with Gasteiger partial charge in [-0.05, 0) is 19.4 Å². The molecule has 3 heterocycles. The Morgan fingerprint density at radius 2 is 2.39 bits per heavy atom. The van der Waals surface area contributed by atoms with Crippen molar-refractivity contribution in [3.05, 3.63) is 30.4 Å². The molecular formula is C12H18N6. The van der Waals surface area contributed by atoms with Crippen LogP contribution in [0, 0.1) is 0 Å². The lowest BCUT2D eigenvalue weighted by Gasteiger charge is -2.23. The van der Waals surface area contributed by atoms with Gasteiger partial charge in [-0.1, -0.05) is 0 Å². The van der Waals surface area contributed by atoms with Crippen LogP contribution in [0.15, 0.2) is 18.9 Å². The first-order valence-corrected chi connectivity index (χ1v) is 6.38. The lowest BCUT2D eigenvalue weighted by Crippen LogP contribution is -2.29. The maximum Gasteiger partial charge on any atom is 0.170 e. The van der Waals surface area contributed by atoms with Gasteiger partial charge in [-0.15, -0.1) is 0 Å². The molecule has 1 aliphatic heterocycles. The van der Waals surface area contributed by atoms with Crippen LogP contribution in [0.5, 0.6) is 0 Å². The second kappa shape index (κ2) is 4.89. The predicted octanol–water partition coefficient (Wildman–Crippen LogP) is 0.527. The van der Waals surface area contributed by atoms with E-state index in [4.69, 9.17) is 0 Å². The average molecular weight is 246 g/mol. The zero-order valence-corrected chi connectivity index (χ0v) is 10.6. The summed E-state index contributed by atoms with van der Waals surface area (Å²) < 4.78 is 3.89. The molecule has 2 aromatic heterocycles. The van der Waals surface area contributed by atoms with E-state index in [0.717, 1.165) is 18.9 Å². The van der Waals surface area contributed by atoms with Crippen molar-refractivity contribution in [2.45, 2.75) is 25.3 Å². The molecule has 1 aliphatic rings. The summed E-state index contributed by atoms with van der Waals surface area (Å²) in [5.41, 5.74) is 1.29. The highest BCUT2D eigenvalue weighted by Gasteiger charge is 2.19. The Kier molecular flexibility index (Phi) is 3.10. The van der Waals surface area contributed by atoms with Crippen molar-refractivity contribution in [2.24, 2.45) is 7.05 Å².